The Balaban J connectivity index is 2.00. The lowest BCUT2D eigenvalue weighted by atomic mass is 10.2. The van der Waals surface area contributed by atoms with Crippen molar-refractivity contribution in [3.63, 3.8) is 0 Å². The Morgan fingerprint density at radius 2 is 1.80 bits per heavy atom. The number of halogens is 1. The first-order valence-corrected chi connectivity index (χ1v) is 9.41. The van der Waals surface area contributed by atoms with Crippen molar-refractivity contribution in [2.45, 2.75) is 0 Å². The monoisotopic (exact) mass is 433 g/mol. The maximum atomic E-state index is 12.7. The number of hydrogen-bond acceptors (Lipinski definition) is 5. The Hall–Kier alpha value is -3.26. The summed E-state index contributed by atoms with van der Waals surface area (Å²) >= 11 is 5.96. The average molecular weight is 434 g/mol. The summed E-state index contributed by atoms with van der Waals surface area (Å²) in [6.45, 7) is -0.316. The minimum atomic E-state index is -0.407. The summed E-state index contributed by atoms with van der Waals surface area (Å²) in [5, 5.41) is 3.13. The van der Waals surface area contributed by atoms with E-state index in [1.54, 1.807) is 50.5 Å². The minimum absolute atomic E-state index is 0.135. The quantitative estimate of drug-likeness (QED) is 0.691. The van der Waals surface area contributed by atoms with Crippen LogP contribution in [0.15, 0.2) is 42.5 Å². The Kier molecular flexibility index (Phi) is 8.06. The molecule has 0 fully saturated rings. The summed E-state index contributed by atoms with van der Waals surface area (Å²) < 4.78 is 10.6. The third-order valence-electron chi connectivity index (χ3n) is 4.11. The zero-order valence-corrected chi connectivity index (χ0v) is 18.0. The highest BCUT2D eigenvalue weighted by molar-refractivity contribution is 6.31. The highest BCUT2D eigenvalue weighted by Gasteiger charge is 2.17. The van der Waals surface area contributed by atoms with Crippen LogP contribution in [-0.2, 0) is 9.59 Å². The number of benzene rings is 2. The summed E-state index contributed by atoms with van der Waals surface area (Å²) in [6, 6.07) is 11.3. The summed E-state index contributed by atoms with van der Waals surface area (Å²) in [7, 11) is 6.26. The lowest BCUT2D eigenvalue weighted by Crippen LogP contribution is -2.35. The zero-order valence-electron chi connectivity index (χ0n) is 17.3. The maximum Gasteiger partial charge on any atom is 0.259 e. The van der Waals surface area contributed by atoms with Crippen LogP contribution in [0.1, 0.15) is 10.4 Å². The molecule has 0 spiro atoms. The molecule has 0 saturated heterocycles. The van der Waals surface area contributed by atoms with Gasteiger partial charge in [-0.3, -0.25) is 14.4 Å². The van der Waals surface area contributed by atoms with Gasteiger partial charge in [-0.25, -0.2) is 0 Å². The maximum absolute atomic E-state index is 12.7. The molecule has 0 unspecified atom stereocenters. The van der Waals surface area contributed by atoms with Crippen LogP contribution in [0, 0.1) is 0 Å². The van der Waals surface area contributed by atoms with E-state index < -0.39 is 5.91 Å². The lowest BCUT2D eigenvalue weighted by Gasteiger charge is -2.18. The molecule has 2 rings (SSSR count). The molecule has 0 radical (unpaired) electrons. The van der Waals surface area contributed by atoms with Crippen molar-refractivity contribution in [1.82, 2.24) is 9.80 Å². The number of carbonyl (C=O) groups is 3. The molecule has 0 saturated carbocycles. The second-order valence-corrected chi connectivity index (χ2v) is 7.10. The highest BCUT2D eigenvalue weighted by Crippen LogP contribution is 2.27. The predicted octanol–water partition coefficient (Wildman–Crippen LogP) is 2.53. The van der Waals surface area contributed by atoms with E-state index in [1.165, 1.54) is 30.0 Å². The third-order valence-corrected chi connectivity index (χ3v) is 4.34. The molecule has 0 aliphatic rings. The molecule has 0 heterocycles. The fourth-order valence-corrected chi connectivity index (χ4v) is 2.64. The number of nitrogens with one attached hydrogen (secondary N) is 1. The van der Waals surface area contributed by atoms with E-state index in [4.69, 9.17) is 21.1 Å². The van der Waals surface area contributed by atoms with E-state index >= 15 is 0 Å². The number of carbonyl (C=O) groups excluding carboxylic acids is 3. The molecule has 2 aromatic rings. The molecule has 0 bridgehead atoms. The van der Waals surface area contributed by atoms with Crippen molar-refractivity contribution in [3.05, 3.63) is 53.1 Å². The SMILES string of the molecule is COc1ccc(Cl)cc1NC(=O)CN(C)C(=O)c1cccc(OCC(=O)N(C)C)c1. The molecule has 1 N–H and O–H groups in total. The van der Waals surface area contributed by atoms with Crippen molar-refractivity contribution in [2.75, 3.05) is 46.7 Å². The van der Waals surface area contributed by atoms with E-state index in [9.17, 15) is 14.4 Å². The number of amides is 3. The van der Waals surface area contributed by atoms with E-state index in [1.807, 2.05) is 0 Å². The first-order valence-electron chi connectivity index (χ1n) is 9.03. The molecule has 0 aromatic heterocycles. The van der Waals surface area contributed by atoms with E-state index in [0.29, 0.717) is 27.8 Å². The van der Waals surface area contributed by atoms with E-state index in [0.717, 1.165) is 0 Å². The lowest BCUT2D eigenvalue weighted by molar-refractivity contribution is -0.130. The first-order chi connectivity index (χ1) is 14.2. The van der Waals surface area contributed by atoms with Gasteiger partial charge in [-0.05, 0) is 36.4 Å². The van der Waals surface area contributed by atoms with Gasteiger partial charge in [-0.15, -0.1) is 0 Å². The van der Waals surface area contributed by atoms with Gasteiger partial charge in [0.1, 0.15) is 11.5 Å². The molecular formula is C21H24ClN3O5. The third kappa shape index (κ3) is 6.38. The molecule has 8 nitrogen and oxygen atoms in total. The first kappa shape index (κ1) is 23.0. The van der Waals surface area contributed by atoms with Gasteiger partial charge in [-0.2, -0.15) is 0 Å². The number of likely N-dealkylation sites (N-methyl/N-ethyl adjacent to an activating group) is 2. The largest absolute Gasteiger partial charge is 0.495 e. The average Bonchev–Trinajstić information content (AvgIpc) is 2.71. The molecule has 160 valence electrons. The van der Waals surface area contributed by atoms with Gasteiger partial charge < -0.3 is 24.6 Å². The van der Waals surface area contributed by atoms with E-state index in [-0.39, 0.29) is 25.0 Å². The van der Waals surface area contributed by atoms with Gasteiger partial charge in [0.25, 0.3) is 11.8 Å². The molecule has 0 aliphatic heterocycles. The minimum Gasteiger partial charge on any atom is -0.495 e. The molecule has 2 aromatic carbocycles. The standard InChI is InChI=1S/C21H24ClN3O5/c1-24(2)20(27)13-30-16-7-5-6-14(10-16)21(28)25(3)12-19(26)23-17-11-15(22)8-9-18(17)29-4/h5-11H,12-13H2,1-4H3,(H,23,26). The molecule has 0 atom stereocenters. The van der Waals surface area contributed by atoms with Crippen molar-refractivity contribution in [2.24, 2.45) is 0 Å². The molecular weight excluding hydrogens is 410 g/mol. The highest BCUT2D eigenvalue weighted by atomic mass is 35.5. The summed E-state index contributed by atoms with van der Waals surface area (Å²) in [5.74, 6) is -0.128. The van der Waals surface area contributed by atoms with Gasteiger partial charge in [0.15, 0.2) is 6.61 Å². The summed E-state index contributed by atoms with van der Waals surface area (Å²) in [6.07, 6.45) is 0. The Labute approximate surface area is 180 Å². The van der Waals surface area contributed by atoms with Crippen LogP contribution < -0.4 is 14.8 Å². The zero-order chi connectivity index (χ0) is 22.3. The topological polar surface area (TPSA) is 88.2 Å². The van der Waals surface area contributed by atoms with Crippen LogP contribution in [-0.4, -0.2) is 68.9 Å². The number of ether oxygens (including phenoxy) is 2. The molecule has 0 aliphatic carbocycles. The molecule has 9 heteroatoms. The number of hydrogen-bond donors (Lipinski definition) is 1. The van der Waals surface area contributed by atoms with Crippen LogP contribution in [0.5, 0.6) is 11.5 Å². The normalized spacial score (nSPS) is 10.2. The van der Waals surface area contributed by atoms with Crippen LogP contribution >= 0.6 is 11.6 Å². The molecule has 3 amide bonds. The summed E-state index contributed by atoms with van der Waals surface area (Å²) in [4.78, 5) is 39.4. The fourth-order valence-electron chi connectivity index (χ4n) is 2.47. The van der Waals surface area contributed by atoms with Crippen molar-refractivity contribution in [3.8, 4) is 11.5 Å². The fraction of sp³-hybridized carbons (Fsp3) is 0.286. The van der Waals surface area contributed by atoms with Crippen LogP contribution in [0.4, 0.5) is 5.69 Å². The van der Waals surface area contributed by atoms with Gasteiger partial charge in [0.2, 0.25) is 5.91 Å². The predicted molar refractivity (Wildman–Crippen MR) is 114 cm³/mol. The Bertz CT molecular complexity index is 933. The Morgan fingerprint density at radius 3 is 2.47 bits per heavy atom. The smallest absolute Gasteiger partial charge is 0.259 e. The number of nitrogens with zero attached hydrogens (tertiary/aromatic N) is 2. The van der Waals surface area contributed by atoms with E-state index in [2.05, 4.69) is 5.32 Å². The van der Waals surface area contributed by atoms with Gasteiger partial charge in [0, 0.05) is 31.7 Å². The van der Waals surface area contributed by atoms with Crippen molar-refractivity contribution < 1.29 is 23.9 Å². The number of anilines is 1. The van der Waals surface area contributed by atoms with Gasteiger partial charge in [0.05, 0.1) is 19.3 Å². The summed E-state index contributed by atoms with van der Waals surface area (Å²) in [5.41, 5.74) is 0.747. The van der Waals surface area contributed by atoms with Crippen molar-refractivity contribution >= 4 is 35.0 Å². The molecule has 30 heavy (non-hydrogen) atoms. The van der Waals surface area contributed by atoms with Crippen LogP contribution in [0.2, 0.25) is 5.02 Å². The van der Waals surface area contributed by atoms with Crippen LogP contribution in [0.25, 0.3) is 0 Å². The Morgan fingerprint density at radius 1 is 1.07 bits per heavy atom. The van der Waals surface area contributed by atoms with Gasteiger partial charge >= 0.3 is 0 Å². The second kappa shape index (κ2) is 10.5. The number of methoxy groups -OCH3 is 1. The van der Waals surface area contributed by atoms with Gasteiger partial charge in [-0.1, -0.05) is 17.7 Å². The number of rotatable bonds is 8. The van der Waals surface area contributed by atoms with Crippen molar-refractivity contribution in [1.29, 1.82) is 0 Å². The second-order valence-electron chi connectivity index (χ2n) is 6.66. The van der Waals surface area contributed by atoms with Crippen LogP contribution in [0.3, 0.4) is 0 Å².